The molecule has 0 saturated carbocycles. The van der Waals surface area contributed by atoms with Gasteiger partial charge in [0.25, 0.3) is 11.6 Å². The number of nitro groups is 1. The zero-order valence-corrected chi connectivity index (χ0v) is 14.0. The fourth-order valence-corrected chi connectivity index (χ4v) is 2.35. The van der Waals surface area contributed by atoms with E-state index >= 15 is 0 Å². The molecule has 2 aromatic rings. The highest BCUT2D eigenvalue weighted by Crippen LogP contribution is 2.30. The molecule has 26 heavy (non-hydrogen) atoms. The first-order valence-corrected chi connectivity index (χ1v) is 7.38. The van der Waals surface area contributed by atoms with Gasteiger partial charge in [0, 0.05) is 6.07 Å². The van der Waals surface area contributed by atoms with E-state index < -0.39 is 28.5 Å². The predicted octanol–water partition coefficient (Wildman–Crippen LogP) is 2.17. The summed E-state index contributed by atoms with van der Waals surface area (Å²) >= 11 is 0. The predicted molar refractivity (Wildman–Crippen MR) is 90.5 cm³/mol. The van der Waals surface area contributed by atoms with Gasteiger partial charge in [-0.2, -0.15) is 0 Å². The normalized spacial score (nSPS) is 11.3. The Morgan fingerprint density at radius 3 is 2.35 bits per heavy atom. The summed E-state index contributed by atoms with van der Waals surface area (Å²) in [5, 5.41) is 22.8. The fourth-order valence-electron chi connectivity index (χ4n) is 2.35. The summed E-state index contributed by atoms with van der Waals surface area (Å²) in [5.41, 5.74) is -0.423. The van der Waals surface area contributed by atoms with Crippen LogP contribution in [0.5, 0.6) is 11.5 Å². The molecule has 2 aromatic carbocycles. The lowest BCUT2D eigenvalue weighted by Gasteiger charge is -2.17. The first kappa shape index (κ1) is 18.7. The van der Waals surface area contributed by atoms with Crippen LogP contribution in [-0.2, 0) is 4.79 Å². The standard InChI is InChI=1S/C17H16N2O7/c1-25-13-8-7-10(9-14(13)26-2)15(17(21)22)18-16(20)11-5-3-4-6-12(11)19(23)24/h3-9,15H,1-2H3,(H,18,20)(H,21,22). The molecule has 0 aliphatic carbocycles. The van der Waals surface area contributed by atoms with Crippen molar-refractivity contribution in [3.8, 4) is 11.5 Å². The molecule has 2 rings (SSSR count). The quantitative estimate of drug-likeness (QED) is 0.572. The van der Waals surface area contributed by atoms with Crippen LogP contribution in [0.25, 0.3) is 0 Å². The van der Waals surface area contributed by atoms with Gasteiger partial charge >= 0.3 is 5.97 Å². The second kappa shape index (κ2) is 7.97. The van der Waals surface area contributed by atoms with Crippen molar-refractivity contribution in [3.63, 3.8) is 0 Å². The number of rotatable bonds is 7. The number of nitrogens with zero attached hydrogens (tertiary/aromatic N) is 1. The van der Waals surface area contributed by atoms with E-state index in [4.69, 9.17) is 9.47 Å². The van der Waals surface area contributed by atoms with Crippen LogP contribution < -0.4 is 14.8 Å². The van der Waals surface area contributed by atoms with E-state index in [9.17, 15) is 24.8 Å². The molecule has 136 valence electrons. The zero-order chi connectivity index (χ0) is 19.3. The van der Waals surface area contributed by atoms with Gasteiger partial charge in [0.2, 0.25) is 0 Å². The van der Waals surface area contributed by atoms with Gasteiger partial charge in [0.1, 0.15) is 5.56 Å². The molecule has 9 heteroatoms. The van der Waals surface area contributed by atoms with Gasteiger partial charge in [0.15, 0.2) is 17.5 Å². The molecule has 2 N–H and O–H groups in total. The van der Waals surface area contributed by atoms with E-state index in [1.54, 1.807) is 0 Å². The Morgan fingerprint density at radius 2 is 1.77 bits per heavy atom. The highest BCUT2D eigenvalue weighted by molar-refractivity contribution is 6.00. The van der Waals surface area contributed by atoms with Crippen LogP contribution in [0.15, 0.2) is 42.5 Å². The second-order valence-electron chi connectivity index (χ2n) is 5.13. The van der Waals surface area contributed by atoms with Crippen LogP contribution >= 0.6 is 0 Å². The molecule has 0 spiro atoms. The van der Waals surface area contributed by atoms with Gasteiger partial charge in [0.05, 0.1) is 19.1 Å². The smallest absolute Gasteiger partial charge is 0.330 e. The SMILES string of the molecule is COc1ccc(C(NC(=O)c2ccccc2[N+](=O)[O-])C(=O)O)cc1OC. The molecular formula is C17H16N2O7. The minimum atomic E-state index is -1.43. The highest BCUT2D eigenvalue weighted by atomic mass is 16.6. The third kappa shape index (κ3) is 3.89. The molecule has 1 unspecified atom stereocenters. The van der Waals surface area contributed by atoms with Crippen molar-refractivity contribution in [2.75, 3.05) is 14.2 Å². The summed E-state index contributed by atoms with van der Waals surface area (Å²) in [7, 11) is 2.83. The van der Waals surface area contributed by atoms with Gasteiger partial charge in [-0.15, -0.1) is 0 Å². The van der Waals surface area contributed by atoms with E-state index in [2.05, 4.69) is 5.32 Å². The molecule has 9 nitrogen and oxygen atoms in total. The number of nitrogens with one attached hydrogen (secondary N) is 1. The molecule has 0 radical (unpaired) electrons. The highest BCUT2D eigenvalue weighted by Gasteiger charge is 2.27. The summed E-state index contributed by atoms with van der Waals surface area (Å²) < 4.78 is 10.2. The molecule has 0 heterocycles. The van der Waals surface area contributed by atoms with Crippen molar-refractivity contribution in [2.24, 2.45) is 0 Å². The van der Waals surface area contributed by atoms with E-state index in [1.807, 2.05) is 0 Å². The summed E-state index contributed by atoms with van der Waals surface area (Å²) in [6.45, 7) is 0. The molecule has 0 aromatic heterocycles. The Bertz CT molecular complexity index is 851. The summed E-state index contributed by atoms with van der Waals surface area (Å²) in [4.78, 5) is 34.4. The topological polar surface area (TPSA) is 128 Å². The number of carboxylic acids is 1. The third-order valence-electron chi connectivity index (χ3n) is 3.61. The van der Waals surface area contributed by atoms with Gasteiger partial charge < -0.3 is 19.9 Å². The summed E-state index contributed by atoms with van der Waals surface area (Å²) in [5.74, 6) is -1.52. The molecule has 0 aliphatic rings. The number of benzene rings is 2. The molecule has 0 aliphatic heterocycles. The number of carbonyl (C=O) groups excluding carboxylic acids is 1. The number of carbonyl (C=O) groups is 2. The first-order chi connectivity index (χ1) is 12.4. The molecule has 0 saturated heterocycles. The minimum absolute atomic E-state index is 0.224. The lowest BCUT2D eigenvalue weighted by Crippen LogP contribution is -2.34. The number of aliphatic carboxylic acids is 1. The van der Waals surface area contributed by atoms with Crippen molar-refractivity contribution >= 4 is 17.6 Å². The van der Waals surface area contributed by atoms with Gasteiger partial charge in [-0.05, 0) is 23.8 Å². The maximum atomic E-state index is 12.4. The Hall–Kier alpha value is -3.62. The Balaban J connectivity index is 2.37. The zero-order valence-electron chi connectivity index (χ0n) is 14.0. The summed E-state index contributed by atoms with van der Waals surface area (Å²) in [6.07, 6.45) is 0. The van der Waals surface area contributed by atoms with Gasteiger partial charge in [-0.25, -0.2) is 4.79 Å². The van der Waals surface area contributed by atoms with E-state index in [0.29, 0.717) is 5.75 Å². The van der Waals surface area contributed by atoms with Crippen molar-refractivity contribution in [1.29, 1.82) is 0 Å². The average Bonchev–Trinajstić information content (AvgIpc) is 2.64. The van der Waals surface area contributed by atoms with Gasteiger partial charge in [-0.1, -0.05) is 18.2 Å². The van der Waals surface area contributed by atoms with Crippen LogP contribution in [-0.4, -0.2) is 36.1 Å². The largest absolute Gasteiger partial charge is 0.493 e. The number of para-hydroxylation sites is 1. The van der Waals surface area contributed by atoms with Crippen molar-refractivity contribution in [3.05, 3.63) is 63.7 Å². The number of amides is 1. The molecule has 0 bridgehead atoms. The Morgan fingerprint density at radius 1 is 1.12 bits per heavy atom. The first-order valence-electron chi connectivity index (χ1n) is 7.38. The van der Waals surface area contributed by atoms with Crippen LogP contribution in [0.2, 0.25) is 0 Å². The number of methoxy groups -OCH3 is 2. The van der Waals surface area contributed by atoms with Crippen LogP contribution in [0, 0.1) is 10.1 Å². The molecule has 1 atom stereocenters. The van der Waals surface area contributed by atoms with Crippen LogP contribution in [0.3, 0.4) is 0 Å². The number of carboxylic acid groups (broad SMARTS) is 1. The minimum Gasteiger partial charge on any atom is -0.493 e. The Kier molecular flexibility index (Phi) is 5.74. The van der Waals surface area contributed by atoms with Crippen LogP contribution in [0.4, 0.5) is 5.69 Å². The van der Waals surface area contributed by atoms with Crippen molar-refractivity contribution < 1.29 is 29.1 Å². The second-order valence-corrected chi connectivity index (χ2v) is 5.13. The van der Waals surface area contributed by atoms with Crippen molar-refractivity contribution in [2.45, 2.75) is 6.04 Å². The van der Waals surface area contributed by atoms with E-state index in [0.717, 1.165) is 0 Å². The lowest BCUT2D eigenvalue weighted by molar-refractivity contribution is -0.385. The fraction of sp³-hybridized carbons (Fsp3) is 0.176. The average molecular weight is 360 g/mol. The van der Waals surface area contributed by atoms with E-state index in [1.165, 1.54) is 56.7 Å². The van der Waals surface area contributed by atoms with E-state index in [-0.39, 0.29) is 16.9 Å². The van der Waals surface area contributed by atoms with Gasteiger partial charge in [-0.3, -0.25) is 14.9 Å². The third-order valence-corrected chi connectivity index (χ3v) is 3.61. The van der Waals surface area contributed by atoms with Crippen LogP contribution in [0.1, 0.15) is 22.0 Å². The summed E-state index contributed by atoms with van der Waals surface area (Å²) in [6, 6.07) is 8.23. The molecule has 0 fully saturated rings. The number of hydrogen-bond donors (Lipinski definition) is 2. The number of ether oxygens (including phenoxy) is 2. The lowest BCUT2D eigenvalue weighted by atomic mass is 10.0. The number of nitro benzene ring substituents is 1. The Labute approximate surface area is 148 Å². The maximum Gasteiger partial charge on any atom is 0.330 e. The van der Waals surface area contributed by atoms with Crippen molar-refractivity contribution in [1.82, 2.24) is 5.32 Å². The number of hydrogen-bond acceptors (Lipinski definition) is 6. The maximum absolute atomic E-state index is 12.4. The monoisotopic (exact) mass is 360 g/mol. The molecule has 1 amide bonds. The molecular weight excluding hydrogens is 344 g/mol.